The molecule has 6 N–H and O–H groups in total. The first-order valence-electron chi connectivity index (χ1n) is 15.9. The van der Waals surface area contributed by atoms with E-state index in [-0.39, 0.29) is 31.7 Å². The number of halogens is 2. The van der Waals surface area contributed by atoms with Crippen molar-refractivity contribution in [1.82, 2.24) is 30.9 Å². The molecular formula is C34H36Cl2N8O4S. The summed E-state index contributed by atoms with van der Waals surface area (Å²) in [5, 5.41) is 10.1. The summed E-state index contributed by atoms with van der Waals surface area (Å²) < 4.78 is 0. The van der Waals surface area contributed by atoms with Crippen molar-refractivity contribution in [3.05, 3.63) is 82.1 Å². The van der Waals surface area contributed by atoms with Crippen LogP contribution in [0.1, 0.15) is 36.8 Å². The molecular weight excluding hydrogens is 687 g/mol. The second kappa shape index (κ2) is 15.1. The number of aromatic nitrogens is 2. The van der Waals surface area contributed by atoms with Gasteiger partial charge in [0.05, 0.1) is 10.7 Å². The lowest BCUT2D eigenvalue weighted by Gasteiger charge is -2.31. The monoisotopic (exact) mass is 722 g/mol. The number of nitrogens with zero attached hydrogens (tertiary/aromatic N) is 3. The minimum Gasteiger partial charge on any atom is -0.370 e. The van der Waals surface area contributed by atoms with Crippen molar-refractivity contribution in [2.45, 2.75) is 66.7 Å². The predicted molar refractivity (Wildman–Crippen MR) is 189 cm³/mol. The van der Waals surface area contributed by atoms with E-state index in [1.165, 1.54) is 16.7 Å². The van der Waals surface area contributed by atoms with E-state index in [0.29, 0.717) is 50.6 Å². The van der Waals surface area contributed by atoms with Gasteiger partial charge in [-0.2, -0.15) is 0 Å². The minimum absolute atomic E-state index is 0.0529. The van der Waals surface area contributed by atoms with Gasteiger partial charge in [0, 0.05) is 66.2 Å². The van der Waals surface area contributed by atoms with Crippen molar-refractivity contribution in [1.29, 1.82) is 0 Å². The lowest BCUT2D eigenvalue weighted by Crippen LogP contribution is -2.57. The molecule has 0 aliphatic carbocycles. The minimum atomic E-state index is -0.933. The number of amides is 4. The molecule has 3 atom stereocenters. The maximum absolute atomic E-state index is 14.3. The number of rotatable bonds is 5. The molecule has 12 nitrogen and oxygen atoms in total. The third-order valence-corrected chi connectivity index (χ3v) is 10.6. The summed E-state index contributed by atoms with van der Waals surface area (Å²) in [6, 6.07) is 12.0. The zero-order valence-corrected chi connectivity index (χ0v) is 29.0. The molecule has 4 heterocycles. The summed E-state index contributed by atoms with van der Waals surface area (Å²) in [5.74, 6) is -1.82. The fourth-order valence-corrected chi connectivity index (χ4v) is 7.86. The summed E-state index contributed by atoms with van der Waals surface area (Å²) in [4.78, 5) is 64.0. The third kappa shape index (κ3) is 7.80. The van der Waals surface area contributed by atoms with Crippen molar-refractivity contribution in [3.63, 3.8) is 0 Å². The Bertz CT molecular complexity index is 1900. The number of hydrogen-bond donors (Lipinski definition) is 5. The molecule has 0 saturated carbocycles. The van der Waals surface area contributed by atoms with Crippen LogP contribution in [0.4, 0.5) is 5.69 Å². The van der Waals surface area contributed by atoms with E-state index < -0.39 is 35.8 Å². The van der Waals surface area contributed by atoms with Crippen LogP contribution in [0.15, 0.2) is 70.8 Å². The SMILES string of the molecule is CN1C(=O)[C@@H]2CCCN(N[C@@H](CCC(N)=O)C(=O)N2)c2cccnc2Sc2c(Cl)cc(Cl)cc2CNC(=O)[C@@H]1Cc1c[nH]c2ccccc12. The number of H-pyrrole nitrogens is 1. The molecule has 0 spiro atoms. The van der Waals surface area contributed by atoms with Gasteiger partial charge in [0.1, 0.15) is 23.2 Å². The molecule has 2 aromatic heterocycles. The number of benzene rings is 2. The van der Waals surface area contributed by atoms with Crippen molar-refractivity contribution in [2.75, 3.05) is 18.6 Å². The molecule has 0 unspecified atom stereocenters. The molecule has 1 saturated heterocycles. The van der Waals surface area contributed by atoms with Crippen molar-refractivity contribution < 1.29 is 19.2 Å². The third-order valence-electron chi connectivity index (χ3n) is 8.78. The summed E-state index contributed by atoms with van der Waals surface area (Å²) in [6.07, 6.45) is 4.54. The van der Waals surface area contributed by atoms with Crippen LogP contribution in [0.5, 0.6) is 0 Å². The van der Waals surface area contributed by atoms with Crippen molar-refractivity contribution in [3.8, 4) is 0 Å². The topological polar surface area (TPSA) is 166 Å². The van der Waals surface area contributed by atoms with Crippen LogP contribution in [0, 0.1) is 0 Å². The van der Waals surface area contributed by atoms with Gasteiger partial charge in [-0.1, -0.05) is 53.2 Å². The van der Waals surface area contributed by atoms with Crippen LogP contribution < -0.4 is 26.8 Å². The number of pyridine rings is 1. The molecule has 2 aliphatic heterocycles. The van der Waals surface area contributed by atoms with Crippen LogP contribution in [0.2, 0.25) is 10.0 Å². The Morgan fingerprint density at radius 2 is 1.92 bits per heavy atom. The maximum atomic E-state index is 14.3. The highest BCUT2D eigenvalue weighted by molar-refractivity contribution is 7.99. The second-order valence-corrected chi connectivity index (χ2v) is 13.9. The number of anilines is 1. The van der Waals surface area contributed by atoms with Gasteiger partial charge >= 0.3 is 0 Å². The lowest BCUT2D eigenvalue weighted by atomic mass is 10.0. The summed E-state index contributed by atoms with van der Waals surface area (Å²) in [6.45, 7) is 0.475. The second-order valence-electron chi connectivity index (χ2n) is 12.1. The first-order chi connectivity index (χ1) is 23.6. The van der Waals surface area contributed by atoms with Gasteiger partial charge in [0.2, 0.25) is 23.6 Å². The number of nitrogens with one attached hydrogen (secondary N) is 4. The fourth-order valence-electron chi connectivity index (χ4n) is 6.20. The standard InChI is InChI=1S/C34H36Cl2N8O4S/c1-43-28(15-19-17-39-24-7-3-2-6-22(19)24)32(47)40-18-20-14-21(35)16-23(36)30(20)49-33-27(9-4-12-38-33)44-13-5-8-26(34(43)48)41-31(46)25(42-44)10-11-29(37)45/h2-4,6-7,9,12,14,16-17,25-26,28,39,42H,5,8,10-11,13,15,18H2,1H3,(H2,37,45)(H,40,47)(H,41,46)/t25-,26-,28-/m0/s1. The zero-order chi connectivity index (χ0) is 34.7. The van der Waals surface area contributed by atoms with E-state index in [0.717, 1.165) is 16.5 Å². The van der Waals surface area contributed by atoms with Gasteiger partial charge in [0.15, 0.2) is 0 Å². The Balaban J connectivity index is 1.45. The number of para-hydroxylation sites is 1. The van der Waals surface area contributed by atoms with E-state index in [4.69, 9.17) is 28.9 Å². The lowest BCUT2D eigenvalue weighted by molar-refractivity contribution is -0.142. The first kappa shape index (κ1) is 34.6. The van der Waals surface area contributed by atoms with Gasteiger partial charge in [-0.15, -0.1) is 0 Å². The molecule has 2 bridgehead atoms. The van der Waals surface area contributed by atoms with E-state index >= 15 is 0 Å². The normalized spacial score (nSPS) is 20.6. The molecule has 256 valence electrons. The quantitative estimate of drug-likeness (QED) is 0.207. The smallest absolute Gasteiger partial charge is 0.245 e. The fraction of sp³-hybridized carbons (Fsp3) is 0.324. The highest BCUT2D eigenvalue weighted by atomic mass is 35.5. The van der Waals surface area contributed by atoms with Crippen LogP contribution in [-0.2, 0) is 32.1 Å². The average molecular weight is 724 g/mol. The number of nitrogens with two attached hydrogens (primary N) is 1. The van der Waals surface area contributed by atoms with Gasteiger partial charge in [0.25, 0.3) is 0 Å². The van der Waals surface area contributed by atoms with E-state index in [9.17, 15) is 19.2 Å². The van der Waals surface area contributed by atoms with Crippen LogP contribution >= 0.6 is 35.0 Å². The van der Waals surface area contributed by atoms with Crippen molar-refractivity contribution in [2.24, 2.45) is 5.73 Å². The van der Waals surface area contributed by atoms with Gasteiger partial charge in [-0.05, 0) is 60.7 Å². The van der Waals surface area contributed by atoms with E-state index in [2.05, 4.69) is 26.0 Å². The maximum Gasteiger partial charge on any atom is 0.245 e. The number of aromatic amines is 1. The summed E-state index contributed by atoms with van der Waals surface area (Å²) in [5.41, 5.74) is 11.9. The Morgan fingerprint density at radius 3 is 2.73 bits per heavy atom. The van der Waals surface area contributed by atoms with Crippen LogP contribution in [0.3, 0.4) is 0 Å². The van der Waals surface area contributed by atoms with Gasteiger partial charge in [-0.3, -0.25) is 19.2 Å². The molecule has 2 aliphatic rings. The van der Waals surface area contributed by atoms with Crippen LogP contribution in [-0.4, -0.2) is 70.2 Å². The van der Waals surface area contributed by atoms with Crippen molar-refractivity contribution >= 4 is 75.2 Å². The molecule has 49 heavy (non-hydrogen) atoms. The molecule has 15 heteroatoms. The Kier molecular flexibility index (Phi) is 10.6. The average Bonchev–Trinajstić information content (AvgIpc) is 3.52. The van der Waals surface area contributed by atoms with Gasteiger partial charge < -0.3 is 31.3 Å². The summed E-state index contributed by atoms with van der Waals surface area (Å²) >= 11 is 14.5. The largest absolute Gasteiger partial charge is 0.370 e. The molecule has 0 radical (unpaired) electrons. The molecule has 4 amide bonds. The molecule has 2 aromatic carbocycles. The highest BCUT2D eigenvalue weighted by Crippen LogP contribution is 2.41. The van der Waals surface area contributed by atoms with Gasteiger partial charge in [-0.25, -0.2) is 10.4 Å². The number of fused-ring (bicyclic) bond motifs is 8. The summed E-state index contributed by atoms with van der Waals surface area (Å²) in [7, 11) is 1.58. The number of hydrogen-bond acceptors (Lipinski definition) is 8. The number of carbonyl (C=O) groups is 4. The molecule has 4 aromatic rings. The number of hydrazine groups is 1. The first-order valence-corrected chi connectivity index (χ1v) is 17.5. The molecule has 6 rings (SSSR count). The highest BCUT2D eigenvalue weighted by Gasteiger charge is 2.36. The number of primary amides is 1. The number of likely N-dealkylation sites (N-methyl/N-ethyl adjacent to an activating group) is 1. The Morgan fingerprint density at radius 1 is 1.10 bits per heavy atom. The zero-order valence-electron chi connectivity index (χ0n) is 26.7. The Hall–Kier alpha value is -4.30. The molecule has 1 fully saturated rings. The predicted octanol–water partition coefficient (Wildman–Crippen LogP) is 3.94. The van der Waals surface area contributed by atoms with E-state index in [1.807, 2.05) is 41.5 Å². The van der Waals surface area contributed by atoms with E-state index in [1.54, 1.807) is 31.4 Å². The van der Waals surface area contributed by atoms with Crippen LogP contribution in [0.25, 0.3) is 10.9 Å². The Labute approximate surface area is 297 Å². The number of carbonyl (C=O) groups excluding carboxylic acids is 4.